The molecule has 0 saturated heterocycles. The van der Waals surface area contributed by atoms with Crippen molar-refractivity contribution in [3.8, 4) is 0 Å². The third-order valence-corrected chi connectivity index (χ3v) is 3.25. The molecule has 0 saturated carbocycles. The molecule has 2 N–H and O–H groups in total. The number of hydrogen-bond donors (Lipinski definition) is 2. The van der Waals surface area contributed by atoms with Gasteiger partial charge in [-0.1, -0.05) is 13.3 Å². The average molecular weight is 282 g/mol. The van der Waals surface area contributed by atoms with Gasteiger partial charge in [0.15, 0.2) is 0 Å². The van der Waals surface area contributed by atoms with Crippen LogP contribution in [0, 0.1) is 5.92 Å². The molecule has 0 bridgehead atoms. The van der Waals surface area contributed by atoms with Crippen molar-refractivity contribution in [2.75, 3.05) is 6.54 Å². The molecule has 1 aromatic heterocycles. The van der Waals surface area contributed by atoms with Crippen molar-refractivity contribution in [1.82, 2.24) is 20.1 Å². The van der Waals surface area contributed by atoms with E-state index < -0.39 is 5.97 Å². The van der Waals surface area contributed by atoms with Crippen LogP contribution in [0.25, 0.3) is 0 Å². The fourth-order valence-corrected chi connectivity index (χ4v) is 1.95. The summed E-state index contributed by atoms with van der Waals surface area (Å²) in [6, 6.07) is 0. The number of carboxylic acid groups (broad SMARTS) is 1. The lowest BCUT2D eigenvalue weighted by Crippen LogP contribution is -2.27. The number of carbonyl (C=O) groups is 2. The molecular formula is C13H22N4O3. The van der Waals surface area contributed by atoms with Gasteiger partial charge in [-0.25, -0.2) is 4.98 Å². The first kappa shape index (κ1) is 16.1. The fourth-order valence-electron chi connectivity index (χ4n) is 1.95. The first-order chi connectivity index (χ1) is 9.61. The smallest absolute Gasteiger partial charge is 0.303 e. The van der Waals surface area contributed by atoms with Crippen LogP contribution in [0.4, 0.5) is 0 Å². The van der Waals surface area contributed by atoms with Gasteiger partial charge in [-0.05, 0) is 18.8 Å². The molecule has 1 rings (SSSR count). The standard InChI is InChI=1S/C13H22N4O3/c1-2-11(3-4-13(19)20)5-7-15-12(18)6-8-17-10-14-9-16-17/h9-11H,2-8H2,1H3,(H,15,18)(H,19,20). The van der Waals surface area contributed by atoms with E-state index in [0.29, 0.717) is 31.8 Å². The van der Waals surface area contributed by atoms with Gasteiger partial charge in [0, 0.05) is 19.4 Å². The lowest BCUT2D eigenvalue weighted by Gasteiger charge is -2.14. The van der Waals surface area contributed by atoms with Crippen LogP contribution in [0.5, 0.6) is 0 Å². The van der Waals surface area contributed by atoms with Crippen LogP contribution in [0.3, 0.4) is 0 Å². The maximum Gasteiger partial charge on any atom is 0.303 e. The highest BCUT2D eigenvalue weighted by atomic mass is 16.4. The lowest BCUT2D eigenvalue weighted by atomic mass is 9.96. The quantitative estimate of drug-likeness (QED) is 0.669. The van der Waals surface area contributed by atoms with Gasteiger partial charge in [-0.3, -0.25) is 14.3 Å². The number of rotatable bonds is 10. The monoisotopic (exact) mass is 282 g/mol. The molecule has 0 spiro atoms. The molecular weight excluding hydrogens is 260 g/mol. The Morgan fingerprint density at radius 1 is 1.35 bits per heavy atom. The van der Waals surface area contributed by atoms with Crippen molar-refractivity contribution in [3.05, 3.63) is 12.7 Å². The second-order valence-corrected chi connectivity index (χ2v) is 4.75. The minimum Gasteiger partial charge on any atom is -0.481 e. The lowest BCUT2D eigenvalue weighted by molar-refractivity contribution is -0.137. The van der Waals surface area contributed by atoms with Crippen LogP contribution in [0.2, 0.25) is 0 Å². The summed E-state index contributed by atoms with van der Waals surface area (Å²) in [7, 11) is 0. The summed E-state index contributed by atoms with van der Waals surface area (Å²) in [5, 5.41) is 15.4. The number of hydrogen-bond acceptors (Lipinski definition) is 4. The number of carboxylic acids is 1. The number of amides is 1. The Morgan fingerprint density at radius 3 is 2.75 bits per heavy atom. The fraction of sp³-hybridized carbons (Fsp3) is 0.692. The highest BCUT2D eigenvalue weighted by Gasteiger charge is 2.09. The SMILES string of the molecule is CCC(CCNC(=O)CCn1cncn1)CCC(=O)O. The van der Waals surface area contributed by atoms with Gasteiger partial charge in [0.2, 0.25) is 5.91 Å². The molecule has 0 aliphatic heterocycles. The van der Waals surface area contributed by atoms with Crippen molar-refractivity contribution in [2.45, 2.75) is 45.6 Å². The van der Waals surface area contributed by atoms with Gasteiger partial charge in [0.05, 0.1) is 6.54 Å². The van der Waals surface area contributed by atoms with E-state index in [-0.39, 0.29) is 12.3 Å². The van der Waals surface area contributed by atoms with Gasteiger partial charge >= 0.3 is 5.97 Å². The van der Waals surface area contributed by atoms with Gasteiger partial charge < -0.3 is 10.4 Å². The maximum atomic E-state index is 11.6. The molecule has 0 aliphatic rings. The number of aliphatic carboxylic acids is 1. The molecule has 1 amide bonds. The van der Waals surface area contributed by atoms with Crippen LogP contribution in [-0.2, 0) is 16.1 Å². The highest BCUT2D eigenvalue weighted by molar-refractivity contribution is 5.75. The van der Waals surface area contributed by atoms with Crippen molar-refractivity contribution >= 4 is 11.9 Å². The van der Waals surface area contributed by atoms with Crippen molar-refractivity contribution in [1.29, 1.82) is 0 Å². The molecule has 0 aliphatic carbocycles. The topological polar surface area (TPSA) is 97.1 Å². The van der Waals surface area contributed by atoms with Crippen LogP contribution in [0.1, 0.15) is 39.0 Å². The van der Waals surface area contributed by atoms with E-state index in [1.165, 1.54) is 6.33 Å². The normalized spacial score (nSPS) is 12.1. The third kappa shape index (κ3) is 6.86. The summed E-state index contributed by atoms with van der Waals surface area (Å²) in [6.07, 6.45) is 5.99. The third-order valence-electron chi connectivity index (χ3n) is 3.25. The largest absolute Gasteiger partial charge is 0.481 e. The van der Waals surface area contributed by atoms with Crippen molar-refractivity contribution in [2.24, 2.45) is 5.92 Å². The minimum atomic E-state index is -0.764. The van der Waals surface area contributed by atoms with E-state index >= 15 is 0 Å². The molecule has 112 valence electrons. The van der Waals surface area contributed by atoms with Crippen LogP contribution in [0.15, 0.2) is 12.7 Å². The maximum absolute atomic E-state index is 11.6. The van der Waals surface area contributed by atoms with Crippen LogP contribution in [-0.4, -0.2) is 38.3 Å². The van der Waals surface area contributed by atoms with E-state index in [1.54, 1.807) is 11.0 Å². The first-order valence-corrected chi connectivity index (χ1v) is 6.92. The number of aryl methyl sites for hydroxylation is 1. The zero-order chi connectivity index (χ0) is 14.8. The molecule has 0 radical (unpaired) electrons. The van der Waals surface area contributed by atoms with Crippen LogP contribution < -0.4 is 5.32 Å². The van der Waals surface area contributed by atoms with Gasteiger partial charge in [0.25, 0.3) is 0 Å². The molecule has 1 unspecified atom stereocenters. The second-order valence-electron chi connectivity index (χ2n) is 4.75. The molecule has 20 heavy (non-hydrogen) atoms. The molecule has 1 heterocycles. The number of aromatic nitrogens is 3. The van der Waals surface area contributed by atoms with Crippen LogP contribution >= 0.6 is 0 Å². The summed E-state index contributed by atoms with van der Waals surface area (Å²) >= 11 is 0. The highest BCUT2D eigenvalue weighted by Crippen LogP contribution is 2.14. The van der Waals surface area contributed by atoms with E-state index in [0.717, 1.165) is 12.8 Å². The number of nitrogens with one attached hydrogen (secondary N) is 1. The molecule has 1 atom stereocenters. The summed E-state index contributed by atoms with van der Waals surface area (Å²) in [4.78, 5) is 25.9. The summed E-state index contributed by atoms with van der Waals surface area (Å²) in [6.45, 7) is 3.15. The Hall–Kier alpha value is -1.92. The first-order valence-electron chi connectivity index (χ1n) is 6.92. The Morgan fingerprint density at radius 2 is 2.15 bits per heavy atom. The Labute approximate surface area is 118 Å². The number of carbonyl (C=O) groups excluding carboxylic acids is 1. The molecule has 0 fully saturated rings. The van der Waals surface area contributed by atoms with E-state index in [2.05, 4.69) is 15.4 Å². The number of nitrogens with zero attached hydrogens (tertiary/aromatic N) is 3. The van der Waals surface area contributed by atoms with E-state index in [4.69, 9.17) is 5.11 Å². The Balaban J connectivity index is 2.11. The zero-order valence-corrected chi connectivity index (χ0v) is 11.8. The Bertz CT molecular complexity index is 406. The van der Waals surface area contributed by atoms with E-state index in [9.17, 15) is 9.59 Å². The van der Waals surface area contributed by atoms with E-state index in [1.807, 2.05) is 6.92 Å². The summed E-state index contributed by atoms with van der Waals surface area (Å²) < 4.78 is 1.61. The Kier molecular flexibility index (Phi) is 7.31. The zero-order valence-electron chi connectivity index (χ0n) is 11.8. The summed E-state index contributed by atoms with van der Waals surface area (Å²) in [5.74, 6) is -0.435. The van der Waals surface area contributed by atoms with Crippen molar-refractivity contribution < 1.29 is 14.7 Å². The molecule has 0 aromatic carbocycles. The minimum absolute atomic E-state index is 0.0198. The van der Waals surface area contributed by atoms with Gasteiger partial charge in [0.1, 0.15) is 12.7 Å². The van der Waals surface area contributed by atoms with Gasteiger partial charge in [-0.15, -0.1) is 0 Å². The molecule has 1 aromatic rings. The molecule has 7 nitrogen and oxygen atoms in total. The predicted octanol–water partition coefficient (Wildman–Crippen LogP) is 1.07. The second kappa shape index (κ2) is 9.06. The molecule has 7 heteroatoms. The predicted molar refractivity (Wildman–Crippen MR) is 72.9 cm³/mol. The van der Waals surface area contributed by atoms with Gasteiger partial charge in [-0.2, -0.15) is 5.10 Å². The van der Waals surface area contributed by atoms with Crippen molar-refractivity contribution in [3.63, 3.8) is 0 Å². The average Bonchev–Trinajstić information content (AvgIpc) is 2.93. The summed E-state index contributed by atoms with van der Waals surface area (Å²) in [5.41, 5.74) is 0.